The molecule has 0 fully saturated rings. The first-order valence-corrected chi connectivity index (χ1v) is 3.62. The number of carbonyl (C=O) groups is 1. The molecule has 1 amide bonds. The summed E-state index contributed by atoms with van der Waals surface area (Å²) in [6, 6.07) is -1.03. The van der Waals surface area contributed by atoms with E-state index in [-0.39, 0.29) is 13.2 Å². The van der Waals surface area contributed by atoms with E-state index >= 15 is 0 Å². The third-order valence-electron chi connectivity index (χ3n) is 1.87. The Morgan fingerprint density at radius 2 is 1.67 bits per heavy atom. The van der Waals surface area contributed by atoms with Crippen LogP contribution in [0.15, 0.2) is 12.2 Å². The molecule has 5 heteroatoms. The first-order chi connectivity index (χ1) is 5.70. The summed E-state index contributed by atoms with van der Waals surface area (Å²) in [6.07, 6.45) is 2.03. The summed E-state index contributed by atoms with van der Waals surface area (Å²) in [5.41, 5.74) is 0. The summed E-state index contributed by atoms with van der Waals surface area (Å²) in [5, 5.41) is 26.2. The van der Waals surface area contributed by atoms with E-state index in [0.29, 0.717) is 0 Å². The van der Waals surface area contributed by atoms with Crippen molar-refractivity contribution < 1.29 is 20.1 Å². The molecule has 0 radical (unpaired) electrons. The normalized spacial score (nSPS) is 28.0. The van der Waals surface area contributed by atoms with E-state index in [1.807, 2.05) is 0 Å². The molecule has 1 aliphatic heterocycles. The summed E-state index contributed by atoms with van der Waals surface area (Å²) in [7, 11) is 0. The molecule has 0 aromatic rings. The van der Waals surface area contributed by atoms with Crippen molar-refractivity contribution in [3.63, 3.8) is 0 Å². The van der Waals surface area contributed by atoms with E-state index in [9.17, 15) is 4.79 Å². The van der Waals surface area contributed by atoms with Crippen LogP contribution >= 0.6 is 0 Å². The van der Waals surface area contributed by atoms with Gasteiger partial charge in [0.1, 0.15) is 0 Å². The molecule has 0 bridgehead atoms. The van der Waals surface area contributed by atoms with Gasteiger partial charge in [-0.3, -0.25) is 4.90 Å². The average Bonchev–Trinajstić information content (AvgIpc) is 2.46. The zero-order valence-corrected chi connectivity index (χ0v) is 6.42. The summed E-state index contributed by atoms with van der Waals surface area (Å²) >= 11 is 0. The van der Waals surface area contributed by atoms with E-state index in [1.54, 1.807) is 12.2 Å². The van der Waals surface area contributed by atoms with E-state index in [2.05, 4.69) is 0 Å². The number of hydrogen-bond donors (Lipinski definition) is 3. The third-order valence-corrected chi connectivity index (χ3v) is 1.87. The van der Waals surface area contributed by atoms with Crippen LogP contribution in [0.4, 0.5) is 4.79 Å². The molecule has 0 saturated heterocycles. The van der Waals surface area contributed by atoms with Gasteiger partial charge in [-0.25, -0.2) is 4.79 Å². The Bertz CT molecular complexity index is 190. The Morgan fingerprint density at radius 1 is 1.25 bits per heavy atom. The van der Waals surface area contributed by atoms with Crippen LogP contribution in [-0.2, 0) is 0 Å². The number of amides is 1. The summed E-state index contributed by atoms with van der Waals surface area (Å²) in [6.45, 7) is -0.501. The quantitative estimate of drug-likeness (QED) is 0.480. The lowest BCUT2D eigenvalue weighted by Crippen LogP contribution is -2.44. The monoisotopic (exact) mass is 173 g/mol. The summed E-state index contributed by atoms with van der Waals surface area (Å²) < 4.78 is 0. The lowest BCUT2D eigenvalue weighted by Gasteiger charge is -2.25. The van der Waals surface area contributed by atoms with Crippen molar-refractivity contribution in [2.24, 2.45) is 0 Å². The van der Waals surface area contributed by atoms with Crippen LogP contribution in [0.2, 0.25) is 0 Å². The van der Waals surface area contributed by atoms with E-state index in [1.165, 1.54) is 0 Å². The Labute approximate surface area is 69.5 Å². The fourth-order valence-electron chi connectivity index (χ4n) is 1.27. The maximum absolute atomic E-state index is 10.6. The van der Waals surface area contributed by atoms with Gasteiger partial charge < -0.3 is 15.3 Å². The van der Waals surface area contributed by atoms with Gasteiger partial charge in [-0.15, -0.1) is 0 Å². The second-order valence-electron chi connectivity index (χ2n) is 2.57. The largest absolute Gasteiger partial charge is 0.465 e. The minimum atomic E-state index is -1.13. The zero-order chi connectivity index (χ0) is 9.14. The van der Waals surface area contributed by atoms with Gasteiger partial charge in [0.15, 0.2) is 0 Å². The van der Waals surface area contributed by atoms with Crippen LogP contribution in [0.1, 0.15) is 0 Å². The maximum atomic E-state index is 10.6. The highest BCUT2D eigenvalue weighted by atomic mass is 16.4. The Hall–Kier alpha value is -1.07. The number of nitrogens with zero attached hydrogens (tertiary/aromatic N) is 1. The second-order valence-corrected chi connectivity index (χ2v) is 2.57. The van der Waals surface area contributed by atoms with Crippen molar-refractivity contribution in [3.8, 4) is 0 Å². The lowest BCUT2D eigenvalue weighted by atomic mass is 10.3. The van der Waals surface area contributed by atoms with Gasteiger partial charge in [-0.05, 0) is 0 Å². The maximum Gasteiger partial charge on any atom is 0.408 e. The standard InChI is InChI=1S/C7H11NO4/c9-3-5-1-2-6(4-10)8(5)7(11)12/h1-2,5-6,9-10H,3-4H2,(H,11,12)/t5-,6+. The third kappa shape index (κ3) is 1.41. The SMILES string of the molecule is O=C(O)N1[C@@H](CO)C=C[C@H]1CO. The highest BCUT2D eigenvalue weighted by molar-refractivity contribution is 5.67. The highest BCUT2D eigenvalue weighted by Gasteiger charge is 2.31. The molecular formula is C7H11NO4. The topological polar surface area (TPSA) is 81.0 Å². The van der Waals surface area contributed by atoms with Gasteiger partial charge >= 0.3 is 6.09 Å². The van der Waals surface area contributed by atoms with Crippen molar-refractivity contribution >= 4 is 6.09 Å². The predicted octanol–water partition coefficient (Wildman–Crippen LogP) is -0.742. The molecule has 1 rings (SSSR count). The average molecular weight is 173 g/mol. The van der Waals surface area contributed by atoms with Gasteiger partial charge in [0.05, 0.1) is 25.3 Å². The second kappa shape index (κ2) is 3.55. The van der Waals surface area contributed by atoms with Gasteiger partial charge in [0.2, 0.25) is 0 Å². The molecule has 2 atom stereocenters. The molecule has 0 spiro atoms. The molecule has 0 unspecified atom stereocenters. The fraction of sp³-hybridized carbons (Fsp3) is 0.571. The van der Waals surface area contributed by atoms with Gasteiger partial charge in [-0.2, -0.15) is 0 Å². The van der Waals surface area contributed by atoms with Crippen molar-refractivity contribution in [1.29, 1.82) is 0 Å². The van der Waals surface area contributed by atoms with E-state index in [0.717, 1.165) is 4.90 Å². The molecule has 0 aliphatic carbocycles. The highest BCUT2D eigenvalue weighted by Crippen LogP contribution is 2.15. The Balaban J connectivity index is 2.71. The van der Waals surface area contributed by atoms with Crippen molar-refractivity contribution in [3.05, 3.63) is 12.2 Å². The number of rotatable bonds is 2. The van der Waals surface area contributed by atoms with Crippen LogP contribution in [0.3, 0.4) is 0 Å². The molecule has 3 N–H and O–H groups in total. The molecule has 0 aromatic heterocycles. The van der Waals surface area contributed by atoms with Gasteiger partial charge in [0, 0.05) is 0 Å². The van der Waals surface area contributed by atoms with Crippen LogP contribution < -0.4 is 0 Å². The van der Waals surface area contributed by atoms with Gasteiger partial charge in [-0.1, -0.05) is 12.2 Å². The summed E-state index contributed by atoms with van der Waals surface area (Å²) in [5.74, 6) is 0. The molecule has 68 valence electrons. The van der Waals surface area contributed by atoms with Crippen LogP contribution in [0.5, 0.6) is 0 Å². The molecule has 5 nitrogen and oxygen atoms in total. The van der Waals surface area contributed by atoms with Crippen molar-refractivity contribution in [2.75, 3.05) is 13.2 Å². The molecule has 0 aromatic carbocycles. The lowest BCUT2D eigenvalue weighted by molar-refractivity contribution is 0.0890. The van der Waals surface area contributed by atoms with Crippen LogP contribution in [-0.4, -0.2) is 51.6 Å². The number of aliphatic hydroxyl groups excluding tert-OH is 2. The first kappa shape index (κ1) is 9.02. The number of aliphatic hydroxyl groups is 2. The van der Waals surface area contributed by atoms with E-state index in [4.69, 9.17) is 15.3 Å². The molecular weight excluding hydrogens is 162 g/mol. The smallest absolute Gasteiger partial charge is 0.408 e. The van der Waals surface area contributed by atoms with Crippen molar-refractivity contribution in [1.82, 2.24) is 4.90 Å². The Morgan fingerprint density at radius 3 is 1.92 bits per heavy atom. The summed E-state index contributed by atoms with van der Waals surface area (Å²) in [4.78, 5) is 11.6. The van der Waals surface area contributed by atoms with E-state index < -0.39 is 18.2 Å². The van der Waals surface area contributed by atoms with Crippen molar-refractivity contribution in [2.45, 2.75) is 12.1 Å². The minimum Gasteiger partial charge on any atom is -0.465 e. The number of hydrogen-bond acceptors (Lipinski definition) is 3. The fourth-order valence-corrected chi connectivity index (χ4v) is 1.27. The molecule has 1 aliphatic rings. The zero-order valence-electron chi connectivity index (χ0n) is 6.42. The van der Waals surface area contributed by atoms with Crippen LogP contribution in [0, 0.1) is 0 Å². The van der Waals surface area contributed by atoms with Crippen LogP contribution in [0.25, 0.3) is 0 Å². The predicted molar refractivity (Wildman–Crippen MR) is 40.8 cm³/mol. The molecule has 12 heavy (non-hydrogen) atoms. The molecule has 1 heterocycles. The first-order valence-electron chi connectivity index (χ1n) is 3.62. The molecule has 0 saturated carbocycles. The minimum absolute atomic E-state index is 0.251. The number of carboxylic acid groups (broad SMARTS) is 1. The Kier molecular flexibility index (Phi) is 2.67. The van der Waals surface area contributed by atoms with Gasteiger partial charge in [0.25, 0.3) is 0 Å².